The van der Waals surface area contributed by atoms with Crippen LogP contribution in [0.15, 0.2) is 54.9 Å². The van der Waals surface area contributed by atoms with Crippen LogP contribution in [-0.4, -0.2) is 5.91 Å². The summed E-state index contributed by atoms with van der Waals surface area (Å²) in [6.45, 7) is 0. The number of benzene rings is 1. The summed E-state index contributed by atoms with van der Waals surface area (Å²) in [5, 5.41) is 2.83. The van der Waals surface area contributed by atoms with Crippen molar-refractivity contribution < 1.29 is 33.3 Å². The molecular weight excluding hydrogens is 327 g/mol. The Labute approximate surface area is 118 Å². The number of carbonyl (C=O) groups is 1. The second-order valence-electron chi connectivity index (χ2n) is 3.57. The van der Waals surface area contributed by atoms with Crippen LogP contribution >= 0.6 is 0 Å². The molecule has 4 heteroatoms. The molecule has 1 N–H and O–H groups in total. The summed E-state index contributed by atoms with van der Waals surface area (Å²) < 4.78 is 1.91. The molecule has 1 heterocycles. The summed E-state index contributed by atoms with van der Waals surface area (Å²) in [5.41, 5.74) is 1.46. The molecule has 0 saturated heterocycles. The minimum atomic E-state index is -0.0885. The normalized spacial score (nSPS) is 9.24. The number of amides is 1. The van der Waals surface area contributed by atoms with Gasteiger partial charge in [-0.2, -0.15) is 0 Å². The van der Waals surface area contributed by atoms with E-state index in [4.69, 9.17) is 0 Å². The van der Waals surface area contributed by atoms with Crippen LogP contribution < -0.4 is 33.9 Å². The Morgan fingerprint density at radius 2 is 1.65 bits per heavy atom. The predicted octanol–water partition coefficient (Wildman–Crippen LogP) is -1.23. The summed E-state index contributed by atoms with van der Waals surface area (Å²) in [7, 11) is 1.93. The molecule has 0 fully saturated rings. The van der Waals surface area contributed by atoms with E-state index in [2.05, 4.69) is 5.32 Å². The van der Waals surface area contributed by atoms with E-state index in [0.29, 0.717) is 5.56 Å². The number of anilines is 1. The standard InChI is InChI=1S/C13H12N2O.HI/c1-15-9-7-12(8-10-15)14-13(16)11-5-3-2-4-6-11;/h2-10H,1H3;1H. The highest BCUT2D eigenvalue weighted by molar-refractivity contribution is 6.04. The summed E-state index contributed by atoms with van der Waals surface area (Å²) in [5.74, 6) is -0.0885. The zero-order chi connectivity index (χ0) is 11.4. The SMILES string of the molecule is C[n+]1ccc(NC(=O)c2ccccc2)cc1.[I-]. The third-order valence-electron chi connectivity index (χ3n) is 2.27. The van der Waals surface area contributed by atoms with Crippen molar-refractivity contribution in [3.63, 3.8) is 0 Å². The molecule has 1 amide bonds. The average molecular weight is 340 g/mol. The van der Waals surface area contributed by atoms with Gasteiger partial charge < -0.3 is 29.3 Å². The Kier molecular flexibility index (Phi) is 5.09. The van der Waals surface area contributed by atoms with Gasteiger partial charge in [-0.3, -0.25) is 4.79 Å². The highest BCUT2D eigenvalue weighted by Crippen LogP contribution is 2.06. The highest BCUT2D eigenvalue weighted by atomic mass is 127. The van der Waals surface area contributed by atoms with Crippen molar-refractivity contribution in [2.24, 2.45) is 7.05 Å². The van der Waals surface area contributed by atoms with Crippen molar-refractivity contribution in [1.29, 1.82) is 0 Å². The van der Waals surface area contributed by atoms with Gasteiger partial charge in [-0.1, -0.05) is 18.2 Å². The third kappa shape index (κ3) is 3.81. The summed E-state index contributed by atoms with van der Waals surface area (Å²) >= 11 is 0. The number of hydrogen-bond donors (Lipinski definition) is 1. The first-order valence-electron chi connectivity index (χ1n) is 5.07. The fraction of sp³-hybridized carbons (Fsp3) is 0.0769. The monoisotopic (exact) mass is 340 g/mol. The number of halogens is 1. The molecule has 2 rings (SSSR count). The molecule has 2 aromatic rings. The maximum atomic E-state index is 11.8. The van der Waals surface area contributed by atoms with E-state index in [0.717, 1.165) is 5.69 Å². The summed E-state index contributed by atoms with van der Waals surface area (Å²) in [4.78, 5) is 11.8. The molecular formula is C13H13IN2O. The second-order valence-corrected chi connectivity index (χ2v) is 3.57. The number of nitrogens with zero attached hydrogens (tertiary/aromatic N) is 1. The van der Waals surface area contributed by atoms with Crippen molar-refractivity contribution in [3.8, 4) is 0 Å². The smallest absolute Gasteiger partial charge is 0.255 e. The average Bonchev–Trinajstić information content (AvgIpc) is 2.33. The van der Waals surface area contributed by atoms with Crippen molar-refractivity contribution in [2.75, 3.05) is 5.32 Å². The lowest BCUT2D eigenvalue weighted by molar-refractivity contribution is -0.671. The molecule has 0 aliphatic rings. The van der Waals surface area contributed by atoms with Gasteiger partial charge in [0.05, 0.1) is 5.69 Å². The second kappa shape index (κ2) is 6.34. The van der Waals surface area contributed by atoms with Gasteiger partial charge in [-0.05, 0) is 12.1 Å². The van der Waals surface area contributed by atoms with Crippen molar-refractivity contribution in [2.45, 2.75) is 0 Å². The molecule has 0 radical (unpaired) electrons. The molecule has 1 aromatic heterocycles. The minimum Gasteiger partial charge on any atom is -1.00 e. The van der Waals surface area contributed by atoms with Crippen molar-refractivity contribution >= 4 is 11.6 Å². The largest absolute Gasteiger partial charge is 1.00 e. The van der Waals surface area contributed by atoms with Gasteiger partial charge in [0.2, 0.25) is 0 Å². The van der Waals surface area contributed by atoms with E-state index >= 15 is 0 Å². The van der Waals surface area contributed by atoms with Gasteiger partial charge in [-0.15, -0.1) is 0 Å². The number of aromatic nitrogens is 1. The molecule has 0 bridgehead atoms. The van der Waals surface area contributed by atoms with Crippen LogP contribution in [0.25, 0.3) is 0 Å². The van der Waals surface area contributed by atoms with Gasteiger partial charge in [0.15, 0.2) is 12.4 Å². The van der Waals surface area contributed by atoms with Gasteiger partial charge >= 0.3 is 0 Å². The maximum absolute atomic E-state index is 11.8. The Hall–Kier alpha value is -1.43. The van der Waals surface area contributed by atoms with E-state index in [9.17, 15) is 4.79 Å². The molecule has 3 nitrogen and oxygen atoms in total. The van der Waals surface area contributed by atoms with E-state index in [-0.39, 0.29) is 29.9 Å². The lowest BCUT2D eigenvalue weighted by atomic mass is 10.2. The first kappa shape index (κ1) is 13.6. The van der Waals surface area contributed by atoms with Crippen molar-refractivity contribution in [1.82, 2.24) is 0 Å². The zero-order valence-electron chi connectivity index (χ0n) is 9.43. The Morgan fingerprint density at radius 1 is 1.06 bits per heavy atom. The first-order chi connectivity index (χ1) is 7.75. The molecule has 1 aromatic carbocycles. The molecule has 0 unspecified atom stereocenters. The van der Waals surface area contributed by atoms with E-state index in [1.807, 2.05) is 54.3 Å². The molecule has 0 spiro atoms. The van der Waals surface area contributed by atoms with E-state index < -0.39 is 0 Å². The fourth-order valence-corrected chi connectivity index (χ4v) is 1.38. The Balaban J connectivity index is 0.00000144. The molecule has 0 aliphatic carbocycles. The van der Waals surface area contributed by atoms with Crippen molar-refractivity contribution in [3.05, 3.63) is 60.4 Å². The number of nitrogens with one attached hydrogen (secondary N) is 1. The van der Waals surface area contributed by atoms with E-state index in [1.54, 1.807) is 12.1 Å². The maximum Gasteiger partial charge on any atom is 0.255 e. The van der Waals surface area contributed by atoms with Gasteiger partial charge in [0.25, 0.3) is 5.91 Å². The Bertz CT molecular complexity index is 483. The number of carbonyl (C=O) groups excluding carboxylic acids is 1. The number of hydrogen-bond acceptors (Lipinski definition) is 1. The van der Waals surface area contributed by atoms with E-state index in [1.165, 1.54) is 0 Å². The van der Waals surface area contributed by atoms with Crippen LogP contribution in [0.3, 0.4) is 0 Å². The minimum absolute atomic E-state index is 0. The van der Waals surface area contributed by atoms with Gasteiger partial charge in [0, 0.05) is 17.7 Å². The van der Waals surface area contributed by atoms with Gasteiger partial charge in [0.1, 0.15) is 7.05 Å². The lowest BCUT2D eigenvalue weighted by Crippen LogP contribution is -3.00. The fourth-order valence-electron chi connectivity index (χ4n) is 1.38. The molecule has 0 saturated carbocycles. The lowest BCUT2D eigenvalue weighted by Gasteiger charge is -2.03. The van der Waals surface area contributed by atoms with Crippen LogP contribution in [0.1, 0.15) is 10.4 Å². The Morgan fingerprint density at radius 3 is 2.24 bits per heavy atom. The third-order valence-corrected chi connectivity index (χ3v) is 2.27. The van der Waals surface area contributed by atoms with Crippen LogP contribution in [0.4, 0.5) is 5.69 Å². The van der Waals surface area contributed by atoms with Crippen LogP contribution in [0.5, 0.6) is 0 Å². The van der Waals surface area contributed by atoms with Crippen LogP contribution in [0.2, 0.25) is 0 Å². The van der Waals surface area contributed by atoms with Crippen LogP contribution in [-0.2, 0) is 7.05 Å². The molecule has 0 aliphatic heterocycles. The molecule has 0 atom stereocenters. The number of aryl methyl sites for hydroxylation is 1. The summed E-state index contributed by atoms with van der Waals surface area (Å²) in [6.07, 6.45) is 3.78. The quantitative estimate of drug-likeness (QED) is 0.539. The molecule has 88 valence electrons. The predicted molar refractivity (Wildman–Crippen MR) is 62.0 cm³/mol. The highest BCUT2D eigenvalue weighted by Gasteiger charge is 2.05. The van der Waals surface area contributed by atoms with Gasteiger partial charge in [-0.25, -0.2) is 4.57 Å². The topological polar surface area (TPSA) is 33.0 Å². The molecule has 17 heavy (non-hydrogen) atoms. The number of pyridine rings is 1. The zero-order valence-corrected chi connectivity index (χ0v) is 11.6. The van der Waals surface area contributed by atoms with Crippen LogP contribution in [0, 0.1) is 0 Å². The number of rotatable bonds is 2. The first-order valence-corrected chi connectivity index (χ1v) is 5.07. The summed E-state index contributed by atoms with van der Waals surface area (Å²) in [6, 6.07) is 12.9.